The molecule has 0 amide bonds. The molecule has 3 rings (SSSR count). The van der Waals surface area contributed by atoms with Crippen LogP contribution in [-0.2, 0) is 13.6 Å². The Bertz CT molecular complexity index is 867. The molecule has 132 valence electrons. The number of anilines is 1. The standard InChI is InChI=1S/C17H18F2N4O2/c1-3-24-14-6-4-5-11(15(14)25-17(18)19)9-21-13-7-8-20-16-12(13)10-22-23(16)2/h4-8,10,17H,3,9H2,1-2H3,(H,20,21). The van der Waals surface area contributed by atoms with Crippen molar-refractivity contribution in [3.05, 3.63) is 42.2 Å². The zero-order chi connectivity index (χ0) is 17.8. The van der Waals surface area contributed by atoms with E-state index < -0.39 is 6.61 Å². The lowest BCUT2D eigenvalue weighted by molar-refractivity contribution is -0.0520. The van der Waals surface area contributed by atoms with Gasteiger partial charge in [-0.05, 0) is 19.1 Å². The molecule has 6 nitrogen and oxygen atoms in total. The van der Waals surface area contributed by atoms with Gasteiger partial charge in [-0.15, -0.1) is 0 Å². The van der Waals surface area contributed by atoms with Gasteiger partial charge in [-0.1, -0.05) is 12.1 Å². The SMILES string of the molecule is CCOc1cccc(CNc2ccnc3c2cnn3C)c1OC(F)F. The molecular formula is C17H18F2N4O2. The van der Waals surface area contributed by atoms with Crippen molar-refractivity contribution >= 4 is 16.7 Å². The number of aromatic nitrogens is 3. The molecule has 0 radical (unpaired) electrons. The molecule has 1 N–H and O–H groups in total. The highest BCUT2D eigenvalue weighted by Crippen LogP contribution is 2.33. The first-order chi connectivity index (χ1) is 12.1. The Morgan fingerprint density at radius 3 is 2.88 bits per heavy atom. The molecule has 0 aliphatic carbocycles. The van der Waals surface area contributed by atoms with Crippen LogP contribution in [0, 0.1) is 0 Å². The van der Waals surface area contributed by atoms with E-state index in [0.29, 0.717) is 17.9 Å². The summed E-state index contributed by atoms with van der Waals surface area (Å²) in [5, 5.41) is 8.25. The van der Waals surface area contributed by atoms with Gasteiger partial charge in [-0.25, -0.2) is 4.98 Å². The zero-order valence-electron chi connectivity index (χ0n) is 13.9. The quantitative estimate of drug-likeness (QED) is 0.707. The number of ether oxygens (including phenoxy) is 2. The number of nitrogens with one attached hydrogen (secondary N) is 1. The average molecular weight is 348 g/mol. The second kappa shape index (κ2) is 7.33. The van der Waals surface area contributed by atoms with Crippen molar-refractivity contribution in [2.75, 3.05) is 11.9 Å². The first-order valence-corrected chi connectivity index (χ1v) is 7.80. The number of rotatable bonds is 7. The molecule has 0 atom stereocenters. The maximum absolute atomic E-state index is 12.8. The molecule has 0 saturated heterocycles. The van der Waals surface area contributed by atoms with Gasteiger partial charge in [0.25, 0.3) is 0 Å². The van der Waals surface area contributed by atoms with E-state index in [1.807, 2.05) is 6.07 Å². The summed E-state index contributed by atoms with van der Waals surface area (Å²) in [4.78, 5) is 4.27. The van der Waals surface area contributed by atoms with Gasteiger partial charge in [-0.2, -0.15) is 13.9 Å². The summed E-state index contributed by atoms with van der Waals surface area (Å²) < 4.78 is 37.3. The Morgan fingerprint density at radius 2 is 2.12 bits per heavy atom. The van der Waals surface area contributed by atoms with Crippen LogP contribution in [0.5, 0.6) is 11.5 Å². The van der Waals surface area contributed by atoms with Crippen molar-refractivity contribution in [1.82, 2.24) is 14.8 Å². The Balaban J connectivity index is 1.88. The van der Waals surface area contributed by atoms with Gasteiger partial charge in [0, 0.05) is 31.0 Å². The molecule has 1 aromatic carbocycles. The minimum absolute atomic E-state index is 0.0448. The van der Waals surface area contributed by atoms with E-state index in [1.165, 1.54) is 0 Å². The average Bonchev–Trinajstić information content (AvgIpc) is 2.97. The first kappa shape index (κ1) is 16.9. The van der Waals surface area contributed by atoms with E-state index in [4.69, 9.17) is 4.74 Å². The van der Waals surface area contributed by atoms with Gasteiger partial charge in [0.1, 0.15) is 0 Å². The molecule has 2 aromatic heterocycles. The van der Waals surface area contributed by atoms with Crippen molar-refractivity contribution in [3.63, 3.8) is 0 Å². The Labute approximate surface area is 143 Å². The van der Waals surface area contributed by atoms with Crippen LogP contribution < -0.4 is 14.8 Å². The third kappa shape index (κ3) is 3.62. The summed E-state index contributed by atoms with van der Waals surface area (Å²) in [5.74, 6) is 0.340. The number of nitrogens with zero attached hydrogens (tertiary/aromatic N) is 3. The molecule has 0 saturated carbocycles. The van der Waals surface area contributed by atoms with Gasteiger partial charge < -0.3 is 14.8 Å². The van der Waals surface area contributed by atoms with Crippen molar-refractivity contribution in [2.45, 2.75) is 20.1 Å². The fourth-order valence-corrected chi connectivity index (χ4v) is 2.58. The lowest BCUT2D eigenvalue weighted by Gasteiger charge is -2.16. The third-order valence-corrected chi connectivity index (χ3v) is 3.67. The van der Waals surface area contributed by atoms with Crippen LogP contribution in [0.25, 0.3) is 11.0 Å². The second-order valence-corrected chi connectivity index (χ2v) is 5.27. The molecule has 25 heavy (non-hydrogen) atoms. The van der Waals surface area contributed by atoms with Crippen LogP contribution in [-0.4, -0.2) is 28.0 Å². The summed E-state index contributed by atoms with van der Waals surface area (Å²) in [5.41, 5.74) is 2.11. The molecule has 0 unspecified atom stereocenters. The highest BCUT2D eigenvalue weighted by atomic mass is 19.3. The van der Waals surface area contributed by atoms with Crippen LogP contribution in [0.3, 0.4) is 0 Å². The molecule has 0 aliphatic heterocycles. The lowest BCUT2D eigenvalue weighted by Crippen LogP contribution is -2.09. The fraction of sp³-hybridized carbons (Fsp3) is 0.294. The minimum atomic E-state index is -2.92. The zero-order valence-corrected chi connectivity index (χ0v) is 13.9. The fourth-order valence-electron chi connectivity index (χ4n) is 2.58. The number of benzene rings is 1. The van der Waals surface area contributed by atoms with E-state index in [9.17, 15) is 8.78 Å². The highest BCUT2D eigenvalue weighted by molar-refractivity contribution is 5.88. The van der Waals surface area contributed by atoms with Crippen molar-refractivity contribution < 1.29 is 18.3 Å². The van der Waals surface area contributed by atoms with E-state index in [1.54, 1.807) is 49.2 Å². The summed E-state index contributed by atoms with van der Waals surface area (Å²) in [6, 6.07) is 6.88. The minimum Gasteiger partial charge on any atom is -0.490 e. The van der Waals surface area contributed by atoms with Crippen molar-refractivity contribution in [1.29, 1.82) is 0 Å². The monoisotopic (exact) mass is 348 g/mol. The molecule has 0 fully saturated rings. The summed E-state index contributed by atoms with van der Waals surface area (Å²) in [7, 11) is 1.80. The normalized spacial score (nSPS) is 11.1. The largest absolute Gasteiger partial charge is 0.490 e. The number of pyridine rings is 1. The summed E-state index contributed by atoms with van der Waals surface area (Å²) in [6.07, 6.45) is 3.37. The number of fused-ring (bicyclic) bond motifs is 1. The molecule has 8 heteroatoms. The predicted octanol–water partition coefficient (Wildman–Crippen LogP) is 3.58. The van der Waals surface area contributed by atoms with E-state index in [-0.39, 0.29) is 12.3 Å². The molecule has 3 aromatic rings. The van der Waals surface area contributed by atoms with Gasteiger partial charge in [0.05, 0.1) is 18.2 Å². The summed E-state index contributed by atoms with van der Waals surface area (Å²) in [6.45, 7) is -0.493. The molecule has 2 heterocycles. The summed E-state index contributed by atoms with van der Waals surface area (Å²) >= 11 is 0. The number of alkyl halides is 2. The third-order valence-electron chi connectivity index (χ3n) is 3.67. The number of para-hydroxylation sites is 1. The van der Waals surface area contributed by atoms with Crippen LogP contribution in [0.4, 0.5) is 14.5 Å². The first-order valence-electron chi connectivity index (χ1n) is 7.80. The maximum atomic E-state index is 12.8. The molecular weight excluding hydrogens is 330 g/mol. The van der Waals surface area contributed by atoms with Crippen molar-refractivity contribution in [2.24, 2.45) is 7.05 Å². The second-order valence-electron chi connectivity index (χ2n) is 5.27. The number of hydrogen-bond donors (Lipinski definition) is 1. The highest BCUT2D eigenvalue weighted by Gasteiger charge is 2.16. The van der Waals surface area contributed by atoms with Gasteiger partial charge in [0.15, 0.2) is 17.1 Å². The van der Waals surface area contributed by atoms with Gasteiger partial charge in [-0.3, -0.25) is 4.68 Å². The van der Waals surface area contributed by atoms with Crippen LogP contribution in [0.1, 0.15) is 12.5 Å². The van der Waals surface area contributed by atoms with Crippen LogP contribution in [0.2, 0.25) is 0 Å². The number of aryl methyl sites for hydroxylation is 1. The van der Waals surface area contributed by atoms with Crippen LogP contribution >= 0.6 is 0 Å². The lowest BCUT2D eigenvalue weighted by atomic mass is 10.1. The van der Waals surface area contributed by atoms with E-state index in [0.717, 1.165) is 16.7 Å². The molecule has 0 aliphatic rings. The topological polar surface area (TPSA) is 61.2 Å². The maximum Gasteiger partial charge on any atom is 0.387 e. The Morgan fingerprint density at radius 1 is 1.28 bits per heavy atom. The van der Waals surface area contributed by atoms with E-state index in [2.05, 4.69) is 20.1 Å². The Kier molecular flexibility index (Phi) is 4.97. The van der Waals surface area contributed by atoms with Crippen LogP contribution in [0.15, 0.2) is 36.7 Å². The molecule has 0 spiro atoms. The smallest absolute Gasteiger partial charge is 0.387 e. The number of hydrogen-bond acceptors (Lipinski definition) is 5. The Hall–Kier alpha value is -2.90. The van der Waals surface area contributed by atoms with Crippen molar-refractivity contribution in [3.8, 4) is 11.5 Å². The molecule has 0 bridgehead atoms. The van der Waals surface area contributed by atoms with E-state index >= 15 is 0 Å². The number of halogens is 2. The van der Waals surface area contributed by atoms with Gasteiger partial charge >= 0.3 is 6.61 Å². The van der Waals surface area contributed by atoms with Gasteiger partial charge in [0.2, 0.25) is 0 Å². The predicted molar refractivity (Wildman–Crippen MR) is 90.1 cm³/mol.